The van der Waals surface area contributed by atoms with Gasteiger partial charge in [-0.15, -0.1) is 11.3 Å². The normalized spacial score (nSPS) is 11.2. The van der Waals surface area contributed by atoms with Crippen molar-refractivity contribution >= 4 is 27.5 Å². The maximum atomic E-state index is 11.3. The molecular weight excluding hydrogens is 276 g/mol. The van der Waals surface area contributed by atoms with Crippen molar-refractivity contribution in [3.63, 3.8) is 0 Å². The number of carbonyl (C=O) groups is 1. The molecule has 0 aliphatic heterocycles. The molecule has 3 aromatic heterocycles. The van der Waals surface area contributed by atoms with Gasteiger partial charge in [0.15, 0.2) is 5.82 Å². The van der Waals surface area contributed by atoms with Crippen LogP contribution < -0.4 is 0 Å². The minimum absolute atomic E-state index is 0.226. The molecule has 0 bridgehead atoms. The molecule has 0 spiro atoms. The molecule has 0 radical (unpaired) electrons. The minimum Gasteiger partial charge on any atom is -0.478 e. The van der Waals surface area contributed by atoms with Gasteiger partial charge in [0.25, 0.3) is 0 Å². The fourth-order valence-electron chi connectivity index (χ4n) is 2.29. The Bertz CT molecular complexity index is 834. The highest BCUT2D eigenvalue weighted by Gasteiger charge is 2.20. The van der Waals surface area contributed by atoms with Gasteiger partial charge in [-0.2, -0.15) is 5.10 Å². The summed E-state index contributed by atoms with van der Waals surface area (Å²) in [5, 5.41) is 14.4. The molecule has 0 aliphatic carbocycles. The van der Waals surface area contributed by atoms with Crippen molar-refractivity contribution in [2.24, 2.45) is 0 Å². The smallest absolute Gasteiger partial charge is 0.339 e. The predicted octanol–water partition coefficient (Wildman–Crippen LogP) is 2.50. The van der Waals surface area contributed by atoms with E-state index >= 15 is 0 Å². The highest BCUT2D eigenvalue weighted by molar-refractivity contribution is 7.18. The molecule has 20 heavy (non-hydrogen) atoms. The number of thiophene rings is 1. The zero-order chi connectivity index (χ0) is 14.4. The van der Waals surface area contributed by atoms with Gasteiger partial charge in [0.1, 0.15) is 16.7 Å². The number of fused-ring (bicyclic) bond motifs is 1. The van der Waals surface area contributed by atoms with Gasteiger partial charge >= 0.3 is 5.97 Å². The van der Waals surface area contributed by atoms with Crippen LogP contribution in [0.3, 0.4) is 0 Å². The zero-order valence-electron chi connectivity index (χ0n) is 11.2. The number of aromatic carboxylic acids is 1. The Morgan fingerprint density at radius 3 is 2.70 bits per heavy atom. The van der Waals surface area contributed by atoms with Crippen molar-refractivity contribution < 1.29 is 9.90 Å². The molecule has 3 rings (SSSR count). The molecule has 0 unspecified atom stereocenters. The van der Waals surface area contributed by atoms with Gasteiger partial charge in [-0.05, 0) is 26.8 Å². The topological polar surface area (TPSA) is 80.9 Å². The monoisotopic (exact) mass is 288 g/mol. The molecule has 6 nitrogen and oxygen atoms in total. The third-order valence-electron chi connectivity index (χ3n) is 3.14. The SMILES string of the molecule is Cc1cc2c(-n3nc(C)c(C(=O)O)c3C)ncnc2s1. The highest BCUT2D eigenvalue weighted by Crippen LogP contribution is 2.28. The fraction of sp³-hybridized carbons (Fsp3) is 0.231. The van der Waals surface area contributed by atoms with Gasteiger partial charge in [-0.25, -0.2) is 19.4 Å². The first-order valence-corrected chi connectivity index (χ1v) is 6.81. The minimum atomic E-state index is -0.974. The second-order valence-corrected chi connectivity index (χ2v) is 5.77. The summed E-state index contributed by atoms with van der Waals surface area (Å²) in [6.45, 7) is 5.42. The van der Waals surface area contributed by atoms with E-state index < -0.39 is 5.97 Å². The first kappa shape index (κ1) is 12.7. The maximum Gasteiger partial charge on any atom is 0.339 e. The molecule has 0 fully saturated rings. The summed E-state index contributed by atoms with van der Waals surface area (Å²) in [7, 11) is 0. The van der Waals surface area contributed by atoms with Crippen molar-refractivity contribution in [3.05, 3.63) is 34.2 Å². The van der Waals surface area contributed by atoms with Crippen LogP contribution in [0.4, 0.5) is 0 Å². The number of nitrogens with zero attached hydrogens (tertiary/aromatic N) is 4. The Hall–Kier alpha value is -2.28. The van der Waals surface area contributed by atoms with E-state index in [1.165, 1.54) is 6.33 Å². The number of carboxylic acids is 1. The largest absolute Gasteiger partial charge is 0.478 e. The third kappa shape index (κ3) is 1.78. The molecule has 0 saturated heterocycles. The molecule has 3 aromatic rings. The van der Waals surface area contributed by atoms with E-state index in [4.69, 9.17) is 0 Å². The van der Waals surface area contributed by atoms with Crippen LogP contribution >= 0.6 is 11.3 Å². The van der Waals surface area contributed by atoms with E-state index in [1.807, 2.05) is 13.0 Å². The molecule has 1 N–H and O–H groups in total. The Kier molecular flexibility index (Phi) is 2.79. The van der Waals surface area contributed by atoms with E-state index in [0.29, 0.717) is 17.2 Å². The molecule has 102 valence electrons. The lowest BCUT2D eigenvalue weighted by atomic mass is 10.2. The van der Waals surface area contributed by atoms with Crippen LogP contribution in [0.1, 0.15) is 26.6 Å². The van der Waals surface area contributed by atoms with Crippen LogP contribution in [0.2, 0.25) is 0 Å². The predicted molar refractivity (Wildman–Crippen MR) is 75.7 cm³/mol. The lowest BCUT2D eigenvalue weighted by molar-refractivity contribution is 0.0695. The van der Waals surface area contributed by atoms with Crippen molar-refractivity contribution in [1.82, 2.24) is 19.7 Å². The summed E-state index contributed by atoms with van der Waals surface area (Å²) in [6.07, 6.45) is 1.48. The van der Waals surface area contributed by atoms with Crippen LogP contribution in [-0.4, -0.2) is 30.8 Å². The summed E-state index contributed by atoms with van der Waals surface area (Å²) in [5.41, 5.74) is 1.27. The van der Waals surface area contributed by atoms with Gasteiger partial charge in [-0.1, -0.05) is 0 Å². The standard InChI is InChI=1S/C13H12N4O2S/c1-6-4-9-11(14-5-15-12(9)20-6)17-8(3)10(13(18)19)7(2)16-17/h4-5H,1-3H3,(H,18,19). The van der Waals surface area contributed by atoms with Gasteiger partial charge in [-0.3, -0.25) is 0 Å². The molecule has 0 aliphatic rings. The Morgan fingerprint density at radius 1 is 1.30 bits per heavy atom. The van der Waals surface area contributed by atoms with Crippen LogP contribution in [0.25, 0.3) is 16.0 Å². The quantitative estimate of drug-likeness (QED) is 0.783. The van der Waals surface area contributed by atoms with Crippen LogP contribution in [0.15, 0.2) is 12.4 Å². The first-order valence-electron chi connectivity index (χ1n) is 6.00. The molecule has 7 heteroatoms. The average Bonchev–Trinajstić information content (AvgIpc) is 2.88. The number of aromatic nitrogens is 4. The van der Waals surface area contributed by atoms with Gasteiger partial charge in [0, 0.05) is 4.88 Å². The summed E-state index contributed by atoms with van der Waals surface area (Å²) in [5.74, 6) is -0.356. The van der Waals surface area contributed by atoms with E-state index in [-0.39, 0.29) is 5.56 Å². The van der Waals surface area contributed by atoms with E-state index in [1.54, 1.807) is 29.9 Å². The third-order valence-corrected chi connectivity index (χ3v) is 4.10. The molecule has 0 atom stereocenters. The first-order chi connectivity index (χ1) is 9.49. The average molecular weight is 288 g/mol. The Morgan fingerprint density at radius 2 is 2.05 bits per heavy atom. The number of carboxylic acid groups (broad SMARTS) is 1. The van der Waals surface area contributed by atoms with Crippen molar-refractivity contribution in [3.8, 4) is 5.82 Å². The van der Waals surface area contributed by atoms with Crippen molar-refractivity contribution in [2.75, 3.05) is 0 Å². The van der Waals surface area contributed by atoms with Crippen LogP contribution in [0, 0.1) is 20.8 Å². The Balaban J connectivity index is 2.31. The van der Waals surface area contributed by atoms with Crippen molar-refractivity contribution in [2.45, 2.75) is 20.8 Å². The highest BCUT2D eigenvalue weighted by atomic mass is 32.1. The summed E-state index contributed by atoms with van der Waals surface area (Å²) in [4.78, 5) is 21.8. The second kappa shape index (κ2) is 4.38. The van der Waals surface area contributed by atoms with Crippen LogP contribution in [-0.2, 0) is 0 Å². The molecule has 0 saturated carbocycles. The van der Waals surface area contributed by atoms with Crippen molar-refractivity contribution in [1.29, 1.82) is 0 Å². The lowest BCUT2D eigenvalue weighted by Crippen LogP contribution is -2.04. The van der Waals surface area contributed by atoms with E-state index in [9.17, 15) is 9.90 Å². The summed E-state index contributed by atoms with van der Waals surface area (Å²) >= 11 is 1.58. The van der Waals surface area contributed by atoms with E-state index in [2.05, 4.69) is 15.1 Å². The molecule has 0 aromatic carbocycles. The number of aryl methyl sites for hydroxylation is 2. The zero-order valence-corrected chi connectivity index (χ0v) is 12.0. The summed E-state index contributed by atoms with van der Waals surface area (Å²) in [6, 6.07) is 1.99. The Labute approximate surface area is 118 Å². The fourth-order valence-corrected chi connectivity index (χ4v) is 3.13. The second-order valence-electron chi connectivity index (χ2n) is 4.54. The number of hydrogen-bond acceptors (Lipinski definition) is 5. The van der Waals surface area contributed by atoms with Gasteiger partial charge in [0.2, 0.25) is 0 Å². The number of rotatable bonds is 2. The van der Waals surface area contributed by atoms with Gasteiger partial charge in [0.05, 0.1) is 16.8 Å². The lowest BCUT2D eigenvalue weighted by Gasteiger charge is -2.04. The van der Waals surface area contributed by atoms with Crippen LogP contribution in [0.5, 0.6) is 0 Å². The molecular formula is C13H12N4O2S. The molecule has 0 amide bonds. The summed E-state index contributed by atoms with van der Waals surface area (Å²) < 4.78 is 1.58. The maximum absolute atomic E-state index is 11.3. The molecule has 3 heterocycles. The van der Waals surface area contributed by atoms with Gasteiger partial charge < -0.3 is 5.11 Å². The number of hydrogen-bond donors (Lipinski definition) is 1. The van der Waals surface area contributed by atoms with E-state index in [0.717, 1.165) is 15.1 Å².